The maximum absolute atomic E-state index is 12.8. The molecular formula is C22H21ClN6O3. The summed E-state index contributed by atoms with van der Waals surface area (Å²) in [4.78, 5) is 26.9. The minimum Gasteiger partial charge on any atom is -0.365 e. The average molecular weight is 453 g/mol. The molecule has 1 fully saturated rings. The van der Waals surface area contributed by atoms with Crippen LogP contribution in [0.15, 0.2) is 60.7 Å². The van der Waals surface area contributed by atoms with Gasteiger partial charge in [-0.15, -0.1) is 10.2 Å². The highest BCUT2D eigenvalue weighted by molar-refractivity contribution is 6.34. The number of carbonyl (C=O) groups is 1. The number of hydrogen-bond acceptors (Lipinski definition) is 7. The van der Waals surface area contributed by atoms with Gasteiger partial charge in [-0.1, -0.05) is 41.9 Å². The van der Waals surface area contributed by atoms with E-state index < -0.39 is 4.92 Å². The van der Waals surface area contributed by atoms with Gasteiger partial charge in [0.1, 0.15) is 5.82 Å². The smallest absolute Gasteiger partial charge is 0.270 e. The zero-order chi connectivity index (χ0) is 22.5. The highest BCUT2D eigenvalue weighted by atomic mass is 35.5. The summed E-state index contributed by atoms with van der Waals surface area (Å²) in [6, 6.07) is 17.7. The zero-order valence-electron chi connectivity index (χ0n) is 17.1. The summed E-state index contributed by atoms with van der Waals surface area (Å²) < 4.78 is 0. The summed E-state index contributed by atoms with van der Waals surface area (Å²) >= 11 is 6.11. The van der Waals surface area contributed by atoms with Crippen LogP contribution in [0.4, 0.5) is 17.3 Å². The Balaban J connectivity index is 1.32. The molecule has 1 aliphatic heterocycles. The Morgan fingerprint density at radius 1 is 1.03 bits per heavy atom. The minimum absolute atomic E-state index is 0.0797. The number of non-ortho nitro benzene ring substituents is 1. The quantitative estimate of drug-likeness (QED) is 0.450. The molecule has 2 aromatic carbocycles. The van der Waals surface area contributed by atoms with Crippen molar-refractivity contribution >= 4 is 34.8 Å². The average Bonchev–Trinajstić information content (AvgIpc) is 2.83. The van der Waals surface area contributed by atoms with Crippen LogP contribution in [0.5, 0.6) is 0 Å². The number of hydrogen-bond donors (Lipinski definition) is 1. The first kappa shape index (κ1) is 21.5. The molecule has 4 rings (SSSR count). The predicted octanol–water partition coefficient (Wildman–Crippen LogP) is 3.61. The topological polar surface area (TPSA) is 104 Å². The second-order valence-corrected chi connectivity index (χ2v) is 7.72. The number of amides is 1. The fourth-order valence-electron chi connectivity index (χ4n) is 3.48. The second-order valence-electron chi connectivity index (χ2n) is 7.32. The van der Waals surface area contributed by atoms with Gasteiger partial charge in [0.25, 0.3) is 11.6 Å². The van der Waals surface area contributed by atoms with Crippen LogP contribution in [0, 0.1) is 10.1 Å². The van der Waals surface area contributed by atoms with E-state index in [1.165, 1.54) is 18.2 Å². The molecule has 0 spiro atoms. The molecule has 164 valence electrons. The molecule has 1 amide bonds. The summed E-state index contributed by atoms with van der Waals surface area (Å²) in [5.41, 5.74) is 1.28. The van der Waals surface area contributed by atoms with Crippen LogP contribution in [-0.2, 0) is 6.54 Å². The molecule has 32 heavy (non-hydrogen) atoms. The van der Waals surface area contributed by atoms with Gasteiger partial charge in [0.05, 0.1) is 15.5 Å². The van der Waals surface area contributed by atoms with E-state index in [-0.39, 0.29) is 22.2 Å². The van der Waals surface area contributed by atoms with Crippen LogP contribution in [-0.4, -0.2) is 52.1 Å². The van der Waals surface area contributed by atoms with Gasteiger partial charge < -0.3 is 15.1 Å². The molecule has 3 aromatic rings. The molecular weight excluding hydrogens is 432 g/mol. The normalized spacial score (nSPS) is 13.7. The van der Waals surface area contributed by atoms with E-state index in [2.05, 4.69) is 20.4 Å². The SMILES string of the molecule is O=C(c1ccc([N+](=O)[O-])cc1Cl)N1CCN(c2ccc(NCc3ccccc3)nn2)CC1. The molecule has 1 saturated heterocycles. The first-order valence-electron chi connectivity index (χ1n) is 10.1. The molecule has 9 nitrogen and oxygen atoms in total. The van der Waals surface area contributed by atoms with Crippen LogP contribution in [0.2, 0.25) is 5.02 Å². The van der Waals surface area contributed by atoms with Gasteiger partial charge in [-0.3, -0.25) is 14.9 Å². The molecule has 0 aliphatic carbocycles. The number of nitro groups is 1. The number of aromatic nitrogens is 2. The monoisotopic (exact) mass is 452 g/mol. The van der Waals surface area contributed by atoms with Crippen molar-refractivity contribution in [3.05, 3.63) is 86.9 Å². The highest BCUT2D eigenvalue weighted by Gasteiger charge is 2.25. The molecule has 0 saturated carbocycles. The van der Waals surface area contributed by atoms with Crippen LogP contribution >= 0.6 is 11.6 Å². The molecule has 1 N–H and O–H groups in total. The van der Waals surface area contributed by atoms with Crippen LogP contribution in [0.25, 0.3) is 0 Å². The second kappa shape index (κ2) is 9.61. The zero-order valence-corrected chi connectivity index (χ0v) is 17.9. The summed E-state index contributed by atoms with van der Waals surface area (Å²) in [6.07, 6.45) is 0. The number of halogens is 1. The van der Waals surface area contributed by atoms with Crippen molar-refractivity contribution in [1.29, 1.82) is 0 Å². The summed E-state index contributed by atoms with van der Waals surface area (Å²) in [5.74, 6) is 1.20. The standard InChI is InChI=1S/C22H21ClN6O3/c23-19-14-17(29(31)32)6-7-18(19)22(30)28-12-10-27(11-13-28)21-9-8-20(25-26-21)24-15-16-4-2-1-3-5-16/h1-9,14H,10-13,15H2,(H,24,25). The fourth-order valence-corrected chi connectivity index (χ4v) is 3.73. The van der Waals surface area contributed by atoms with E-state index in [1.807, 2.05) is 42.5 Å². The lowest BCUT2D eigenvalue weighted by Gasteiger charge is -2.35. The molecule has 1 aromatic heterocycles. The molecule has 0 radical (unpaired) electrons. The van der Waals surface area contributed by atoms with Crippen molar-refractivity contribution < 1.29 is 9.72 Å². The van der Waals surface area contributed by atoms with Crippen LogP contribution in [0.3, 0.4) is 0 Å². The Labute approximate surface area is 189 Å². The molecule has 10 heteroatoms. The fraction of sp³-hybridized carbons (Fsp3) is 0.227. The third-order valence-corrected chi connectivity index (χ3v) is 5.56. The van der Waals surface area contributed by atoms with E-state index in [0.717, 1.165) is 11.4 Å². The lowest BCUT2D eigenvalue weighted by Crippen LogP contribution is -2.49. The Hall–Kier alpha value is -3.72. The molecule has 0 atom stereocenters. The van der Waals surface area contributed by atoms with E-state index in [0.29, 0.717) is 38.5 Å². The number of nitro benzene ring substituents is 1. The largest absolute Gasteiger partial charge is 0.365 e. The number of nitrogens with one attached hydrogen (secondary N) is 1. The van der Waals surface area contributed by atoms with Crippen molar-refractivity contribution in [3.8, 4) is 0 Å². The molecule has 1 aliphatic rings. The molecule has 2 heterocycles. The van der Waals surface area contributed by atoms with Crippen molar-refractivity contribution in [2.24, 2.45) is 0 Å². The van der Waals surface area contributed by atoms with Crippen LogP contribution < -0.4 is 10.2 Å². The number of carbonyl (C=O) groups excluding carboxylic acids is 1. The minimum atomic E-state index is -0.539. The Bertz CT molecular complexity index is 1100. The number of rotatable bonds is 6. The number of piperazine rings is 1. The third kappa shape index (κ3) is 4.94. The summed E-state index contributed by atoms with van der Waals surface area (Å²) in [6.45, 7) is 2.84. The van der Waals surface area contributed by atoms with Crippen LogP contribution in [0.1, 0.15) is 15.9 Å². The summed E-state index contributed by atoms with van der Waals surface area (Å²) in [5, 5.41) is 22.7. The van der Waals surface area contributed by atoms with Crippen molar-refractivity contribution in [2.75, 3.05) is 36.4 Å². The van der Waals surface area contributed by atoms with Gasteiger partial charge in [-0.2, -0.15) is 0 Å². The predicted molar refractivity (Wildman–Crippen MR) is 122 cm³/mol. The van der Waals surface area contributed by atoms with Gasteiger partial charge in [-0.25, -0.2) is 0 Å². The Morgan fingerprint density at radius 2 is 1.78 bits per heavy atom. The van der Waals surface area contributed by atoms with Gasteiger partial charge in [0.15, 0.2) is 5.82 Å². The van der Waals surface area contributed by atoms with Crippen molar-refractivity contribution in [3.63, 3.8) is 0 Å². The van der Waals surface area contributed by atoms with E-state index >= 15 is 0 Å². The van der Waals surface area contributed by atoms with E-state index in [4.69, 9.17) is 11.6 Å². The van der Waals surface area contributed by atoms with Crippen molar-refractivity contribution in [2.45, 2.75) is 6.54 Å². The van der Waals surface area contributed by atoms with Gasteiger partial charge >= 0.3 is 0 Å². The Morgan fingerprint density at radius 3 is 2.41 bits per heavy atom. The van der Waals surface area contributed by atoms with Gasteiger partial charge in [0.2, 0.25) is 0 Å². The first-order valence-corrected chi connectivity index (χ1v) is 10.5. The first-order chi connectivity index (χ1) is 15.5. The lowest BCUT2D eigenvalue weighted by molar-refractivity contribution is -0.384. The number of anilines is 2. The third-order valence-electron chi connectivity index (χ3n) is 5.25. The molecule has 0 bridgehead atoms. The lowest BCUT2D eigenvalue weighted by atomic mass is 10.1. The Kier molecular flexibility index (Phi) is 6.46. The van der Waals surface area contributed by atoms with Crippen molar-refractivity contribution in [1.82, 2.24) is 15.1 Å². The number of nitrogens with zero attached hydrogens (tertiary/aromatic N) is 5. The summed E-state index contributed by atoms with van der Waals surface area (Å²) in [7, 11) is 0. The maximum Gasteiger partial charge on any atom is 0.270 e. The van der Waals surface area contributed by atoms with Gasteiger partial charge in [0, 0.05) is 44.9 Å². The highest BCUT2D eigenvalue weighted by Crippen LogP contribution is 2.24. The van der Waals surface area contributed by atoms with Gasteiger partial charge in [-0.05, 0) is 23.8 Å². The maximum atomic E-state index is 12.8. The van der Waals surface area contributed by atoms with E-state index in [9.17, 15) is 14.9 Å². The molecule has 0 unspecified atom stereocenters. The van der Waals surface area contributed by atoms with E-state index in [1.54, 1.807) is 4.90 Å². The number of benzene rings is 2.